The maximum Gasteiger partial charge on any atom is 0.270 e. The van der Waals surface area contributed by atoms with Gasteiger partial charge in [-0.15, -0.1) is 0 Å². The monoisotopic (exact) mass is 972 g/mol. The van der Waals surface area contributed by atoms with E-state index in [2.05, 4.69) is 31.1 Å². The van der Waals surface area contributed by atoms with Crippen molar-refractivity contribution in [3.8, 4) is 30.3 Å². The molecular formula is C50H40N10O6S3. The van der Waals surface area contributed by atoms with E-state index in [-0.39, 0.29) is 39.4 Å². The van der Waals surface area contributed by atoms with Crippen LogP contribution in [0.3, 0.4) is 0 Å². The highest BCUT2D eigenvalue weighted by Crippen LogP contribution is 2.42. The molecular weight excluding hydrogens is 933 g/mol. The van der Waals surface area contributed by atoms with Crippen molar-refractivity contribution in [2.45, 2.75) is 12.8 Å². The van der Waals surface area contributed by atoms with Gasteiger partial charge in [-0.3, -0.25) is 14.2 Å². The van der Waals surface area contributed by atoms with Gasteiger partial charge in [-0.05, 0) is 108 Å². The lowest BCUT2D eigenvalue weighted by Gasteiger charge is -2.28. The van der Waals surface area contributed by atoms with Crippen LogP contribution in [-0.2, 0) is 30.1 Å². The Morgan fingerprint density at radius 1 is 0.652 bits per heavy atom. The van der Waals surface area contributed by atoms with Crippen LogP contribution in [0.1, 0.15) is 24.0 Å². The van der Waals surface area contributed by atoms with Crippen molar-refractivity contribution in [3.05, 3.63) is 196 Å². The molecule has 1 aliphatic rings. The molecule has 0 aromatic heterocycles. The summed E-state index contributed by atoms with van der Waals surface area (Å²) in [7, 11) is -10.8. The van der Waals surface area contributed by atoms with Gasteiger partial charge in [0.1, 0.15) is 0 Å². The van der Waals surface area contributed by atoms with E-state index in [1.165, 1.54) is 60.7 Å². The zero-order chi connectivity index (χ0) is 50.4. The third-order valence-corrected chi connectivity index (χ3v) is 11.7. The molecule has 0 spiro atoms. The number of hydrogen-bond donors (Lipinski definition) is 3. The molecule has 0 aliphatic heterocycles. The third-order valence-electron chi connectivity index (χ3n) is 9.84. The smallest absolute Gasteiger partial charge is 0.270 e. The van der Waals surface area contributed by atoms with Gasteiger partial charge in [0, 0.05) is 39.6 Å². The van der Waals surface area contributed by atoms with Crippen LogP contribution in [0, 0.1) is 69.1 Å². The number of benzene rings is 4. The fourth-order valence-corrected chi connectivity index (χ4v) is 8.82. The van der Waals surface area contributed by atoms with Crippen LogP contribution in [0.25, 0.3) is 16.0 Å². The van der Waals surface area contributed by atoms with Crippen molar-refractivity contribution < 1.29 is 25.3 Å². The maximum absolute atomic E-state index is 12.1. The quantitative estimate of drug-likeness (QED) is 0.0508. The number of allylic oxidation sites excluding steroid dienone is 13. The first kappa shape index (κ1) is 51.0. The summed E-state index contributed by atoms with van der Waals surface area (Å²) in [6, 6.07) is 37.7. The summed E-state index contributed by atoms with van der Waals surface area (Å²) in [4.78, 5) is 5.32. The number of nitriles is 5. The first-order chi connectivity index (χ1) is 32.8. The summed E-state index contributed by atoms with van der Waals surface area (Å²) < 4.78 is 78.6. The Labute approximate surface area is 402 Å². The lowest BCUT2D eigenvalue weighted by Crippen LogP contribution is -2.18. The van der Waals surface area contributed by atoms with Crippen molar-refractivity contribution in [3.63, 3.8) is 0 Å². The molecule has 19 heteroatoms. The van der Waals surface area contributed by atoms with E-state index in [1.54, 1.807) is 48.6 Å². The molecule has 69 heavy (non-hydrogen) atoms. The number of hydrogen-bond acceptors (Lipinski definition) is 12. The molecule has 0 fully saturated rings. The number of anilines is 5. The standard InChI is InChI=1S/C50H40N10O6S3/c1-56-47(34-55)49(36-20-24-43(25-21-36)58-68(3,63)64)40(31-52)13-9-11-38-17-16-37(50(38)60(45-14-6-5-7-15-45)46-28-26-44(27-29-46)59-69(4,65)66)10-8-12-39(30-51)48(41(32-53)33-54)35-18-22-42(23-19-35)57-67(2,61)62/h5-15,18-29,41,57-59H,16-17H2,2-4H3/b11-9+,12-8+,37-10?,40-13+,48-39-,49-47+. The molecule has 4 aromatic rings. The molecule has 0 bridgehead atoms. The van der Waals surface area contributed by atoms with Crippen molar-refractivity contribution in [2.24, 2.45) is 5.92 Å². The van der Waals surface area contributed by atoms with Crippen LogP contribution in [-0.4, -0.2) is 44.0 Å². The Balaban J connectivity index is 1.70. The number of rotatable bonds is 17. The molecule has 0 heterocycles. The Bertz CT molecular complexity index is 3450. The minimum atomic E-state index is -3.60. The Hall–Kier alpha value is -8.95. The third kappa shape index (κ3) is 14.0. The van der Waals surface area contributed by atoms with Crippen molar-refractivity contribution >= 4 is 69.7 Å². The van der Waals surface area contributed by atoms with Gasteiger partial charge in [0.2, 0.25) is 30.1 Å². The Kier molecular flexibility index (Phi) is 16.6. The highest BCUT2D eigenvalue weighted by Gasteiger charge is 2.26. The lowest BCUT2D eigenvalue weighted by atomic mass is 9.90. The molecule has 0 atom stereocenters. The Morgan fingerprint density at radius 3 is 1.62 bits per heavy atom. The minimum Gasteiger partial charge on any atom is -0.310 e. The van der Waals surface area contributed by atoms with Crippen molar-refractivity contribution in [1.29, 1.82) is 26.3 Å². The van der Waals surface area contributed by atoms with Gasteiger partial charge >= 0.3 is 0 Å². The number of sulfonamides is 3. The van der Waals surface area contributed by atoms with E-state index in [4.69, 9.17) is 6.57 Å². The summed E-state index contributed by atoms with van der Waals surface area (Å²) in [5.74, 6) is -1.37. The molecule has 0 saturated heterocycles. The van der Waals surface area contributed by atoms with E-state index in [1.807, 2.05) is 53.4 Å². The predicted octanol–water partition coefficient (Wildman–Crippen LogP) is 8.97. The van der Waals surface area contributed by atoms with E-state index >= 15 is 0 Å². The second-order valence-electron chi connectivity index (χ2n) is 15.0. The summed E-state index contributed by atoms with van der Waals surface area (Å²) in [6.07, 6.45) is 13.6. The SMILES string of the molecule is [C-]#[N+]/C(C#N)=C(/C(C#N)=C/C=C/C1=C(N(c2ccccc2)c2ccc(NS(C)(=O)=O)cc2)C(=C/C=C/C(C#N)=C(\c2ccc(NS(C)(=O)=O)cc2)C(C#N)C#N)CC1)c1ccc(NS(C)(=O)=O)cc1. The molecule has 16 nitrogen and oxygen atoms in total. The molecule has 0 radical (unpaired) electrons. The number of nitrogens with zero attached hydrogens (tertiary/aromatic N) is 7. The molecule has 0 saturated carbocycles. The zero-order valence-electron chi connectivity index (χ0n) is 37.1. The largest absolute Gasteiger partial charge is 0.310 e. The second kappa shape index (κ2) is 22.5. The van der Waals surface area contributed by atoms with E-state index < -0.39 is 36.0 Å². The summed E-state index contributed by atoms with van der Waals surface area (Å²) in [6.45, 7) is 7.70. The average molecular weight is 973 g/mol. The summed E-state index contributed by atoms with van der Waals surface area (Å²) in [5, 5.41) is 50.7. The van der Waals surface area contributed by atoms with Gasteiger partial charge in [-0.2, -0.15) is 21.0 Å². The number of para-hydroxylation sites is 1. The van der Waals surface area contributed by atoms with Crippen LogP contribution in [0.5, 0.6) is 0 Å². The van der Waals surface area contributed by atoms with Crippen LogP contribution in [0.15, 0.2) is 173 Å². The predicted molar refractivity (Wildman–Crippen MR) is 266 cm³/mol. The summed E-state index contributed by atoms with van der Waals surface area (Å²) >= 11 is 0. The minimum absolute atomic E-state index is 0.00298. The molecule has 0 unspecified atom stereocenters. The lowest BCUT2D eigenvalue weighted by molar-refractivity contribution is 0.605. The van der Waals surface area contributed by atoms with Crippen LogP contribution in [0.2, 0.25) is 0 Å². The van der Waals surface area contributed by atoms with Gasteiger partial charge in [0.25, 0.3) is 5.70 Å². The highest BCUT2D eigenvalue weighted by molar-refractivity contribution is 7.92. The van der Waals surface area contributed by atoms with Gasteiger partial charge < -0.3 is 4.90 Å². The zero-order valence-corrected chi connectivity index (χ0v) is 39.5. The normalized spacial score (nSPS) is 14.4. The highest BCUT2D eigenvalue weighted by atomic mass is 32.2. The van der Waals surface area contributed by atoms with Crippen LogP contribution < -0.4 is 19.1 Å². The second-order valence-corrected chi connectivity index (χ2v) is 20.3. The van der Waals surface area contributed by atoms with Crippen LogP contribution >= 0.6 is 0 Å². The summed E-state index contributed by atoms with van der Waals surface area (Å²) in [5.41, 5.74) is 4.71. The molecule has 344 valence electrons. The molecule has 0 amide bonds. The number of nitrogens with one attached hydrogen (secondary N) is 3. The topological polar surface area (TPSA) is 265 Å². The molecule has 1 aliphatic carbocycles. The van der Waals surface area contributed by atoms with E-state index in [0.29, 0.717) is 46.7 Å². The van der Waals surface area contributed by atoms with Crippen molar-refractivity contribution in [1.82, 2.24) is 0 Å². The Morgan fingerprint density at radius 2 is 1.16 bits per heavy atom. The van der Waals surface area contributed by atoms with E-state index in [0.717, 1.165) is 29.9 Å². The first-order valence-electron chi connectivity index (χ1n) is 20.3. The van der Waals surface area contributed by atoms with Gasteiger partial charge in [-0.1, -0.05) is 66.8 Å². The van der Waals surface area contributed by atoms with Gasteiger partial charge in [-0.25, -0.2) is 35.4 Å². The van der Waals surface area contributed by atoms with E-state index in [9.17, 15) is 51.6 Å². The fraction of sp³-hybridized carbons (Fsp3) is 0.120. The molecule has 4 aromatic carbocycles. The molecule has 3 N–H and O–H groups in total. The van der Waals surface area contributed by atoms with Crippen molar-refractivity contribution in [2.75, 3.05) is 37.8 Å². The van der Waals surface area contributed by atoms with Crippen LogP contribution in [0.4, 0.5) is 28.4 Å². The fourth-order valence-electron chi connectivity index (χ4n) is 7.13. The first-order valence-corrected chi connectivity index (χ1v) is 25.9. The average Bonchev–Trinajstić information content (AvgIpc) is 3.69. The van der Waals surface area contributed by atoms with Gasteiger partial charge in [0.15, 0.2) is 5.92 Å². The maximum atomic E-state index is 12.1. The molecule has 5 rings (SSSR count). The van der Waals surface area contributed by atoms with Gasteiger partial charge in [0.05, 0.1) is 72.5 Å².